The molecule has 0 spiro atoms. The van der Waals surface area contributed by atoms with E-state index in [0.29, 0.717) is 11.2 Å². The van der Waals surface area contributed by atoms with Gasteiger partial charge in [0.2, 0.25) is 0 Å². The van der Waals surface area contributed by atoms with Gasteiger partial charge in [0.05, 0.1) is 6.04 Å². The molecule has 1 aliphatic heterocycles. The highest BCUT2D eigenvalue weighted by Crippen LogP contribution is 2.41. The predicted molar refractivity (Wildman–Crippen MR) is 82.4 cm³/mol. The molecule has 1 heterocycles. The van der Waals surface area contributed by atoms with Crippen molar-refractivity contribution in [1.82, 2.24) is 4.90 Å². The molecule has 2 heteroatoms. The van der Waals surface area contributed by atoms with Crippen LogP contribution in [0.2, 0.25) is 0 Å². The molecule has 0 aromatic heterocycles. The largest absolute Gasteiger partial charge is 0.297 e. The molecule has 0 aromatic carbocycles. The van der Waals surface area contributed by atoms with E-state index < -0.39 is 0 Å². The Hall–Kier alpha value is -0.370. The molecule has 0 bridgehead atoms. The van der Waals surface area contributed by atoms with E-state index in [2.05, 4.69) is 46.4 Å². The van der Waals surface area contributed by atoms with Gasteiger partial charge in [0.15, 0.2) is 5.78 Å². The van der Waals surface area contributed by atoms with Gasteiger partial charge in [-0.05, 0) is 31.2 Å². The highest BCUT2D eigenvalue weighted by molar-refractivity contribution is 5.89. The highest BCUT2D eigenvalue weighted by atomic mass is 16.1. The summed E-state index contributed by atoms with van der Waals surface area (Å²) in [6.45, 7) is 15.2. The SMILES string of the molecule is CCCC[C@]1(C)C[C@@H](C(=O)C(C)(C)CC)N(CC)C1. The summed E-state index contributed by atoms with van der Waals surface area (Å²) in [4.78, 5) is 15.2. The maximum Gasteiger partial charge on any atom is 0.155 e. The summed E-state index contributed by atoms with van der Waals surface area (Å²) in [5.74, 6) is 0.456. The van der Waals surface area contributed by atoms with Crippen molar-refractivity contribution in [2.75, 3.05) is 13.1 Å². The van der Waals surface area contributed by atoms with E-state index in [1.807, 2.05) is 0 Å². The molecule has 0 amide bonds. The third-order valence-corrected chi connectivity index (χ3v) is 5.11. The first-order valence-electron chi connectivity index (χ1n) is 8.08. The van der Waals surface area contributed by atoms with Crippen LogP contribution in [0.15, 0.2) is 0 Å². The van der Waals surface area contributed by atoms with Gasteiger partial charge in [-0.3, -0.25) is 9.69 Å². The minimum atomic E-state index is -0.173. The molecule has 2 nitrogen and oxygen atoms in total. The number of nitrogens with zero attached hydrogens (tertiary/aromatic N) is 1. The Morgan fingerprint density at radius 3 is 2.42 bits per heavy atom. The lowest BCUT2D eigenvalue weighted by molar-refractivity contribution is -0.131. The van der Waals surface area contributed by atoms with Gasteiger partial charge in [0.1, 0.15) is 0 Å². The summed E-state index contributed by atoms with van der Waals surface area (Å²) in [7, 11) is 0. The topological polar surface area (TPSA) is 20.3 Å². The van der Waals surface area contributed by atoms with Crippen molar-refractivity contribution >= 4 is 5.78 Å². The lowest BCUT2D eigenvalue weighted by Gasteiger charge is -2.29. The molecule has 1 rings (SSSR count). The van der Waals surface area contributed by atoms with Gasteiger partial charge in [0, 0.05) is 12.0 Å². The molecule has 112 valence electrons. The number of rotatable bonds is 7. The van der Waals surface area contributed by atoms with Crippen LogP contribution >= 0.6 is 0 Å². The lowest BCUT2D eigenvalue weighted by Crippen LogP contribution is -2.42. The van der Waals surface area contributed by atoms with E-state index >= 15 is 0 Å². The van der Waals surface area contributed by atoms with Crippen LogP contribution in [0.1, 0.15) is 73.6 Å². The molecule has 19 heavy (non-hydrogen) atoms. The first-order valence-corrected chi connectivity index (χ1v) is 8.08. The average Bonchev–Trinajstić information content (AvgIpc) is 2.73. The average molecular weight is 267 g/mol. The van der Waals surface area contributed by atoms with Crippen LogP contribution < -0.4 is 0 Å². The summed E-state index contributed by atoms with van der Waals surface area (Å²) < 4.78 is 0. The van der Waals surface area contributed by atoms with E-state index in [1.54, 1.807) is 0 Å². The number of ketones is 1. The van der Waals surface area contributed by atoms with Crippen molar-refractivity contribution < 1.29 is 4.79 Å². The van der Waals surface area contributed by atoms with E-state index in [-0.39, 0.29) is 11.5 Å². The summed E-state index contributed by atoms with van der Waals surface area (Å²) in [6, 6.07) is 0.154. The van der Waals surface area contributed by atoms with Crippen molar-refractivity contribution in [3.05, 3.63) is 0 Å². The summed E-state index contributed by atoms with van der Waals surface area (Å²) in [5.41, 5.74) is 0.171. The summed E-state index contributed by atoms with van der Waals surface area (Å²) in [6.07, 6.45) is 5.79. The number of hydrogen-bond acceptors (Lipinski definition) is 2. The molecule has 1 fully saturated rings. The van der Waals surface area contributed by atoms with Crippen molar-refractivity contribution in [1.29, 1.82) is 0 Å². The first kappa shape index (κ1) is 16.7. The molecule has 1 aliphatic rings. The molecular formula is C17H33NO. The number of carbonyl (C=O) groups excluding carboxylic acids is 1. The normalized spacial score (nSPS) is 28.8. The van der Waals surface area contributed by atoms with Gasteiger partial charge in [-0.1, -0.05) is 54.4 Å². The second kappa shape index (κ2) is 6.39. The van der Waals surface area contributed by atoms with Crippen LogP contribution in [-0.2, 0) is 4.79 Å². The van der Waals surface area contributed by atoms with Crippen molar-refractivity contribution in [2.24, 2.45) is 10.8 Å². The van der Waals surface area contributed by atoms with Gasteiger partial charge in [-0.15, -0.1) is 0 Å². The van der Waals surface area contributed by atoms with Gasteiger partial charge in [-0.2, -0.15) is 0 Å². The van der Waals surface area contributed by atoms with Crippen LogP contribution in [0.25, 0.3) is 0 Å². The maximum atomic E-state index is 12.8. The Morgan fingerprint density at radius 2 is 1.95 bits per heavy atom. The molecule has 1 saturated heterocycles. The van der Waals surface area contributed by atoms with Gasteiger partial charge in [0.25, 0.3) is 0 Å². The molecular weight excluding hydrogens is 234 g/mol. The molecule has 0 saturated carbocycles. The third-order valence-electron chi connectivity index (χ3n) is 5.11. The smallest absolute Gasteiger partial charge is 0.155 e. The van der Waals surface area contributed by atoms with Crippen LogP contribution in [0.4, 0.5) is 0 Å². The Balaban J connectivity index is 2.81. The maximum absolute atomic E-state index is 12.8. The third kappa shape index (κ3) is 3.81. The number of hydrogen-bond donors (Lipinski definition) is 0. The summed E-state index contributed by atoms with van der Waals surface area (Å²) >= 11 is 0. The quantitative estimate of drug-likeness (QED) is 0.686. The monoisotopic (exact) mass is 267 g/mol. The van der Waals surface area contributed by atoms with E-state index in [4.69, 9.17) is 0 Å². The second-order valence-corrected chi connectivity index (χ2v) is 7.30. The van der Waals surface area contributed by atoms with E-state index in [0.717, 1.165) is 25.9 Å². The molecule has 2 atom stereocenters. The van der Waals surface area contributed by atoms with Gasteiger partial charge < -0.3 is 0 Å². The number of carbonyl (C=O) groups is 1. The van der Waals surface area contributed by atoms with Gasteiger partial charge in [-0.25, -0.2) is 0 Å². The number of Topliss-reactive ketones (excluding diaryl/α,β-unsaturated/α-hetero) is 1. The zero-order chi connectivity index (χ0) is 14.7. The second-order valence-electron chi connectivity index (χ2n) is 7.30. The van der Waals surface area contributed by atoms with Crippen molar-refractivity contribution in [3.8, 4) is 0 Å². The van der Waals surface area contributed by atoms with Crippen molar-refractivity contribution in [3.63, 3.8) is 0 Å². The molecule has 0 unspecified atom stereocenters. The molecule has 0 aromatic rings. The molecule has 0 N–H and O–H groups in total. The standard InChI is InChI=1S/C17H33NO/c1-7-10-11-17(6)12-14(18(9-3)13-17)15(19)16(4,5)8-2/h14H,7-13H2,1-6H3/t14-,17+/m0/s1. The number of likely N-dealkylation sites (N-methyl/N-ethyl adjacent to an activating group) is 1. The lowest BCUT2D eigenvalue weighted by atomic mass is 9.77. The van der Waals surface area contributed by atoms with Crippen LogP contribution in [0.3, 0.4) is 0 Å². The zero-order valence-electron chi connectivity index (χ0n) is 13.9. The Kier molecular flexibility index (Phi) is 5.61. The fourth-order valence-electron chi connectivity index (χ4n) is 3.26. The number of likely N-dealkylation sites (tertiary alicyclic amines) is 1. The van der Waals surface area contributed by atoms with Crippen LogP contribution in [-0.4, -0.2) is 29.8 Å². The fourth-order valence-corrected chi connectivity index (χ4v) is 3.26. The Bertz CT molecular complexity index is 310. The zero-order valence-corrected chi connectivity index (χ0v) is 13.9. The predicted octanol–water partition coefficient (Wildman–Crippen LogP) is 4.28. The van der Waals surface area contributed by atoms with Gasteiger partial charge >= 0.3 is 0 Å². The van der Waals surface area contributed by atoms with Crippen molar-refractivity contribution in [2.45, 2.75) is 79.7 Å². The highest BCUT2D eigenvalue weighted by Gasteiger charge is 2.45. The Labute approximate surface area is 119 Å². The molecule has 0 aliphatic carbocycles. The number of unbranched alkanes of at least 4 members (excludes halogenated alkanes) is 1. The minimum Gasteiger partial charge on any atom is -0.297 e. The molecule has 0 radical (unpaired) electrons. The Morgan fingerprint density at radius 1 is 1.32 bits per heavy atom. The van der Waals surface area contributed by atoms with Crippen LogP contribution in [0.5, 0.6) is 0 Å². The summed E-state index contributed by atoms with van der Waals surface area (Å²) in [5, 5.41) is 0. The fraction of sp³-hybridized carbons (Fsp3) is 0.941. The van der Waals surface area contributed by atoms with E-state index in [1.165, 1.54) is 19.3 Å². The van der Waals surface area contributed by atoms with E-state index in [9.17, 15) is 4.79 Å². The van der Waals surface area contributed by atoms with Crippen LogP contribution in [0, 0.1) is 10.8 Å². The first-order chi connectivity index (χ1) is 8.79. The minimum absolute atomic E-state index is 0.154.